The number of aromatic nitrogens is 1. The van der Waals surface area contributed by atoms with Gasteiger partial charge in [0.05, 0.1) is 6.04 Å². The van der Waals surface area contributed by atoms with Crippen LogP contribution in [-0.2, 0) is 4.79 Å². The van der Waals surface area contributed by atoms with Gasteiger partial charge in [0.25, 0.3) is 0 Å². The molecule has 0 aliphatic heterocycles. The van der Waals surface area contributed by atoms with E-state index in [0.717, 1.165) is 16.9 Å². The largest absolute Gasteiger partial charge is 0.476 e. The summed E-state index contributed by atoms with van der Waals surface area (Å²) in [4.78, 5) is 26.6. The van der Waals surface area contributed by atoms with Crippen molar-refractivity contribution in [2.45, 2.75) is 18.9 Å². The van der Waals surface area contributed by atoms with Crippen LogP contribution in [0.1, 0.15) is 28.9 Å². The monoisotopic (exact) mass is 305 g/mol. The van der Waals surface area contributed by atoms with Gasteiger partial charge in [-0.05, 0) is 5.56 Å². The second-order valence-corrected chi connectivity index (χ2v) is 5.42. The first-order valence-electron chi connectivity index (χ1n) is 6.29. The second kappa shape index (κ2) is 6.47. The maximum atomic E-state index is 12.1. The first-order valence-corrected chi connectivity index (χ1v) is 7.17. The number of rotatable bonds is 5. The van der Waals surface area contributed by atoms with E-state index >= 15 is 0 Å². The number of aromatic carboxylic acids is 1. The Balaban J connectivity index is 2.03. The van der Waals surface area contributed by atoms with Crippen LogP contribution in [0.5, 0.6) is 0 Å². The van der Waals surface area contributed by atoms with Gasteiger partial charge in [-0.2, -0.15) is 0 Å². The molecule has 4 N–H and O–H groups in total. The van der Waals surface area contributed by atoms with Crippen molar-refractivity contribution in [3.63, 3.8) is 0 Å². The Morgan fingerprint density at radius 3 is 2.57 bits per heavy atom. The van der Waals surface area contributed by atoms with Gasteiger partial charge in [0.2, 0.25) is 5.91 Å². The predicted molar refractivity (Wildman–Crippen MR) is 80.5 cm³/mol. The molecule has 1 heterocycles. The van der Waals surface area contributed by atoms with Crippen LogP contribution < -0.4 is 11.1 Å². The molecule has 0 bridgehead atoms. The summed E-state index contributed by atoms with van der Waals surface area (Å²) < 4.78 is 0. The van der Waals surface area contributed by atoms with Gasteiger partial charge in [-0.3, -0.25) is 4.79 Å². The summed E-state index contributed by atoms with van der Waals surface area (Å²) in [6.07, 6.45) is 0. The fourth-order valence-electron chi connectivity index (χ4n) is 1.81. The quantitative estimate of drug-likeness (QED) is 0.782. The summed E-state index contributed by atoms with van der Waals surface area (Å²) >= 11 is 1.05. The van der Waals surface area contributed by atoms with Gasteiger partial charge in [-0.15, -0.1) is 11.3 Å². The van der Waals surface area contributed by atoms with E-state index in [1.54, 1.807) is 0 Å². The number of thiazole rings is 1. The van der Waals surface area contributed by atoms with Gasteiger partial charge in [0.15, 0.2) is 10.8 Å². The van der Waals surface area contributed by atoms with Crippen molar-refractivity contribution in [3.05, 3.63) is 47.0 Å². The molecule has 0 unspecified atom stereocenters. The van der Waals surface area contributed by atoms with Crippen molar-refractivity contribution < 1.29 is 14.7 Å². The fourth-order valence-corrected chi connectivity index (χ4v) is 2.50. The highest BCUT2D eigenvalue weighted by Gasteiger charge is 2.23. The number of nitrogens with one attached hydrogen (secondary N) is 1. The molecule has 6 nitrogen and oxygen atoms in total. The third-order valence-corrected chi connectivity index (χ3v) is 3.88. The van der Waals surface area contributed by atoms with Crippen molar-refractivity contribution in [1.82, 2.24) is 4.98 Å². The van der Waals surface area contributed by atoms with Crippen molar-refractivity contribution in [2.24, 2.45) is 5.73 Å². The number of nitrogens with zero attached hydrogens (tertiary/aromatic N) is 1. The molecule has 0 saturated heterocycles. The highest BCUT2D eigenvalue weighted by atomic mass is 32.1. The molecule has 7 heteroatoms. The van der Waals surface area contributed by atoms with Crippen LogP contribution >= 0.6 is 11.3 Å². The van der Waals surface area contributed by atoms with Gasteiger partial charge in [0, 0.05) is 11.3 Å². The summed E-state index contributed by atoms with van der Waals surface area (Å²) in [5.74, 6) is -1.68. The zero-order valence-electron chi connectivity index (χ0n) is 11.3. The molecule has 110 valence electrons. The summed E-state index contributed by atoms with van der Waals surface area (Å²) in [5.41, 5.74) is 6.82. The first-order chi connectivity index (χ1) is 9.99. The Hall–Kier alpha value is -2.25. The van der Waals surface area contributed by atoms with E-state index in [2.05, 4.69) is 10.3 Å². The maximum absolute atomic E-state index is 12.1. The standard InChI is InChI=1S/C14H15N3O3S/c1-8(9-5-3-2-4-6-9)11(15)12(18)17-14-16-10(7-21-14)13(19)20/h2-8,11H,15H2,1H3,(H,19,20)(H,16,17,18)/t8-,11-/m0/s1. The number of carbonyl (C=O) groups is 2. The zero-order valence-corrected chi connectivity index (χ0v) is 12.1. The lowest BCUT2D eigenvalue weighted by Crippen LogP contribution is -2.39. The Kier molecular flexibility index (Phi) is 4.66. The normalized spacial score (nSPS) is 13.4. The van der Waals surface area contributed by atoms with Crippen molar-refractivity contribution in [1.29, 1.82) is 0 Å². The van der Waals surface area contributed by atoms with Crippen LogP contribution in [0.2, 0.25) is 0 Å². The maximum Gasteiger partial charge on any atom is 0.355 e. The lowest BCUT2D eigenvalue weighted by molar-refractivity contribution is -0.117. The minimum atomic E-state index is -1.13. The van der Waals surface area contributed by atoms with Gasteiger partial charge in [-0.1, -0.05) is 37.3 Å². The van der Waals surface area contributed by atoms with E-state index < -0.39 is 17.9 Å². The Labute approximate surface area is 125 Å². The van der Waals surface area contributed by atoms with Crippen LogP contribution in [0, 0.1) is 0 Å². The average Bonchev–Trinajstić information content (AvgIpc) is 2.95. The van der Waals surface area contributed by atoms with E-state index in [1.807, 2.05) is 37.3 Å². The minimum Gasteiger partial charge on any atom is -0.476 e. The van der Waals surface area contributed by atoms with Gasteiger partial charge < -0.3 is 16.2 Å². The van der Waals surface area contributed by atoms with Crippen molar-refractivity contribution in [2.75, 3.05) is 5.32 Å². The van der Waals surface area contributed by atoms with Crippen LogP contribution in [0.25, 0.3) is 0 Å². The summed E-state index contributed by atoms with van der Waals surface area (Å²) in [6.45, 7) is 1.87. The van der Waals surface area contributed by atoms with E-state index in [-0.39, 0.29) is 16.7 Å². The number of nitrogens with two attached hydrogens (primary N) is 1. The van der Waals surface area contributed by atoms with Crippen LogP contribution in [0.4, 0.5) is 5.13 Å². The molecule has 0 aliphatic rings. The Morgan fingerprint density at radius 1 is 1.33 bits per heavy atom. The molecule has 0 spiro atoms. The molecule has 0 radical (unpaired) electrons. The number of carboxylic acid groups (broad SMARTS) is 1. The van der Waals surface area contributed by atoms with E-state index in [0.29, 0.717) is 0 Å². The smallest absolute Gasteiger partial charge is 0.355 e. The number of amides is 1. The molecule has 2 atom stereocenters. The molecule has 0 aliphatic carbocycles. The molecule has 1 aromatic carbocycles. The first kappa shape index (κ1) is 15.1. The molecule has 2 rings (SSSR count). The number of anilines is 1. The summed E-state index contributed by atoms with van der Waals surface area (Å²) in [5, 5.41) is 12.9. The zero-order chi connectivity index (χ0) is 15.4. The predicted octanol–water partition coefficient (Wildman–Crippen LogP) is 1.91. The number of hydrogen-bond donors (Lipinski definition) is 3. The van der Waals surface area contributed by atoms with E-state index in [4.69, 9.17) is 10.8 Å². The van der Waals surface area contributed by atoms with Gasteiger partial charge in [0.1, 0.15) is 0 Å². The number of carbonyl (C=O) groups excluding carboxylic acids is 1. The molecule has 21 heavy (non-hydrogen) atoms. The minimum absolute atomic E-state index is 0.0972. The number of hydrogen-bond acceptors (Lipinski definition) is 5. The molecule has 0 saturated carbocycles. The molecule has 1 aromatic heterocycles. The van der Waals surface area contributed by atoms with Crippen LogP contribution in [0.3, 0.4) is 0 Å². The number of carboxylic acids is 1. The summed E-state index contributed by atoms with van der Waals surface area (Å²) in [7, 11) is 0. The van der Waals surface area contributed by atoms with Crippen molar-refractivity contribution in [3.8, 4) is 0 Å². The molecular weight excluding hydrogens is 290 g/mol. The molecular formula is C14H15N3O3S. The molecule has 2 aromatic rings. The van der Waals surface area contributed by atoms with Crippen molar-refractivity contribution >= 4 is 28.3 Å². The fraction of sp³-hybridized carbons (Fsp3) is 0.214. The Bertz CT molecular complexity index is 642. The second-order valence-electron chi connectivity index (χ2n) is 4.56. The van der Waals surface area contributed by atoms with Gasteiger partial charge in [-0.25, -0.2) is 9.78 Å². The van der Waals surface area contributed by atoms with Gasteiger partial charge >= 0.3 is 5.97 Å². The van der Waals surface area contributed by atoms with E-state index in [1.165, 1.54) is 5.38 Å². The molecule has 0 fully saturated rings. The van der Waals surface area contributed by atoms with Crippen LogP contribution in [-0.4, -0.2) is 28.0 Å². The molecule has 1 amide bonds. The number of benzene rings is 1. The SMILES string of the molecule is C[C@@H](c1ccccc1)[C@H](N)C(=O)Nc1nc(C(=O)O)cs1. The lowest BCUT2D eigenvalue weighted by atomic mass is 9.93. The van der Waals surface area contributed by atoms with Crippen LogP contribution in [0.15, 0.2) is 35.7 Å². The topological polar surface area (TPSA) is 105 Å². The average molecular weight is 305 g/mol. The Morgan fingerprint density at radius 2 is 2.00 bits per heavy atom. The highest BCUT2D eigenvalue weighted by molar-refractivity contribution is 7.14. The lowest BCUT2D eigenvalue weighted by Gasteiger charge is -2.19. The highest BCUT2D eigenvalue weighted by Crippen LogP contribution is 2.20. The summed E-state index contributed by atoms with van der Waals surface area (Å²) in [6, 6.07) is 8.73. The third-order valence-electron chi connectivity index (χ3n) is 3.12. The third kappa shape index (κ3) is 3.65. The van der Waals surface area contributed by atoms with E-state index in [9.17, 15) is 9.59 Å².